The van der Waals surface area contributed by atoms with Gasteiger partial charge >= 0.3 is 0 Å². The van der Waals surface area contributed by atoms with Crippen molar-refractivity contribution >= 4 is 29.7 Å². The van der Waals surface area contributed by atoms with Gasteiger partial charge in [0, 0.05) is 18.5 Å². The van der Waals surface area contributed by atoms with Gasteiger partial charge in [-0.25, -0.2) is 0 Å². The summed E-state index contributed by atoms with van der Waals surface area (Å²) in [6.07, 6.45) is 3.96. The molecule has 3 aromatic rings. The van der Waals surface area contributed by atoms with Gasteiger partial charge in [0.2, 0.25) is 5.78 Å². The molecule has 0 fully saturated rings. The van der Waals surface area contributed by atoms with Gasteiger partial charge in [0.05, 0.1) is 0 Å². The van der Waals surface area contributed by atoms with E-state index < -0.39 is 23.6 Å². The molecule has 3 N–H and O–H groups in total. The summed E-state index contributed by atoms with van der Waals surface area (Å²) in [5.41, 5.74) is 9.36. The molecular formula is C28H29N3O3. The number of Topliss-reactive ketones (excluding diaryl/α,β-unsaturated/α-hetero) is 1. The number of nitrogens with zero attached hydrogens (tertiary/aromatic N) is 1. The van der Waals surface area contributed by atoms with Crippen LogP contribution in [0.4, 0.5) is 0 Å². The van der Waals surface area contributed by atoms with Crippen LogP contribution in [-0.2, 0) is 22.6 Å². The minimum atomic E-state index is -1.08. The molecule has 1 atom stereocenters. The molecule has 0 saturated heterocycles. The Balaban J connectivity index is 1.78. The Hall–Kier alpha value is -4.03. The molecule has 6 nitrogen and oxygen atoms in total. The normalized spacial score (nSPS) is 12.0. The van der Waals surface area contributed by atoms with E-state index in [0.29, 0.717) is 11.1 Å². The van der Waals surface area contributed by atoms with Gasteiger partial charge < -0.3 is 16.0 Å². The molecule has 0 bridgehead atoms. The minimum Gasteiger partial charge on any atom is -0.363 e. The van der Waals surface area contributed by atoms with Gasteiger partial charge in [-0.15, -0.1) is 0 Å². The zero-order valence-electron chi connectivity index (χ0n) is 19.4. The van der Waals surface area contributed by atoms with E-state index in [1.807, 2.05) is 80.8 Å². The Kier molecular flexibility index (Phi) is 8.48. The van der Waals surface area contributed by atoms with E-state index in [9.17, 15) is 14.4 Å². The van der Waals surface area contributed by atoms with E-state index >= 15 is 0 Å². The highest BCUT2D eigenvalue weighted by Gasteiger charge is 2.26. The Bertz CT molecular complexity index is 1170. The van der Waals surface area contributed by atoms with Gasteiger partial charge in [0.1, 0.15) is 6.04 Å². The van der Waals surface area contributed by atoms with Crippen LogP contribution in [0.2, 0.25) is 0 Å². The van der Waals surface area contributed by atoms with Gasteiger partial charge in [-0.1, -0.05) is 84.9 Å². The predicted molar refractivity (Wildman–Crippen MR) is 135 cm³/mol. The van der Waals surface area contributed by atoms with Crippen LogP contribution in [-0.4, -0.2) is 42.6 Å². The molecule has 2 amide bonds. The summed E-state index contributed by atoms with van der Waals surface area (Å²) < 4.78 is 0. The average Bonchev–Trinajstić information content (AvgIpc) is 2.83. The fourth-order valence-corrected chi connectivity index (χ4v) is 3.60. The lowest BCUT2D eigenvalue weighted by molar-refractivity contribution is -0.137. The van der Waals surface area contributed by atoms with Crippen molar-refractivity contribution in [1.82, 2.24) is 10.2 Å². The SMILES string of the molecule is CN(C)Cc1ccc(/C=C/c2ccccc2C(=O)NC(Cc2ccccc2)C(=O)C(N)=O)cc1. The molecule has 0 aromatic heterocycles. The van der Waals surface area contributed by atoms with Crippen molar-refractivity contribution in [3.8, 4) is 0 Å². The molecule has 0 aliphatic rings. The van der Waals surface area contributed by atoms with Crippen molar-refractivity contribution in [2.24, 2.45) is 5.73 Å². The molecular weight excluding hydrogens is 426 g/mol. The highest BCUT2D eigenvalue weighted by Crippen LogP contribution is 2.15. The molecule has 6 heteroatoms. The maximum absolute atomic E-state index is 13.1. The van der Waals surface area contributed by atoms with E-state index in [-0.39, 0.29) is 6.42 Å². The summed E-state index contributed by atoms with van der Waals surface area (Å²) in [5.74, 6) is -2.35. The second-order valence-electron chi connectivity index (χ2n) is 8.34. The second-order valence-corrected chi connectivity index (χ2v) is 8.34. The quantitative estimate of drug-likeness (QED) is 0.362. The van der Waals surface area contributed by atoms with E-state index in [2.05, 4.69) is 22.3 Å². The molecule has 1 unspecified atom stereocenters. The van der Waals surface area contributed by atoms with E-state index in [1.54, 1.807) is 12.1 Å². The number of benzene rings is 3. The Morgan fingerprint density at radius 2 is 1.50 bits per heavy atom. The number of hydrogen-bond acceptors (Lipinski definition) is 4. The van der Waals surface area contributed by atoms with Crippen molar-refractivity contribution in [2.45, 2.75) is 19.0 Å². The number of nitrogens with two attached hydrogens (primary N) is 1. The Morgan fingerprint density at radius 1 is 0.853 bits per heavy atom. The molecule has 3 aromatic carbocycles. The zero-order valence-corrected chi connectivity index (χ0v) is 19.4. The molecule has 0 aliphatic heterocycles. The lowest BCUT2D eigenvalue weighted by Crippen LogP contribution is -2.47. The maximum Gasteiger partial charge on any atom is 0.287 e. The zero-order chi connectivity index (χ0) is 24.5. The van der Waals surface area contributed by atoms with Gasteiger partial charge in [-0.05, 0) is 42.4 Å². The lowest BCUT2D eigenvalue weighted by Gasteiger charge is -2.17. The third-order valence-corrected chi connectivity index (χ3v) is 5.29. The van der Waals surface area contributed by atoms with Gasteiger partial charge in [-0.2, -0.15) is 0 Å². The third-order valence-electron chi connectivity index (χ3n) is 5.29. The van der Waals surface area contributed by atoms with Gasteiger partial charge in [0.15, 0.2) is 0 Å². The van der Waals surface area contributed by atoms with Gasteiger partial charge in [-0.3, -0.25) is 14.4 Å². The molecule has 0 spiro atoms. The second kappa shape index (κ2) is 11.7. The number of nitrogens with one attached hydrogen (secondary N) is 1. The van der Waals surface area contributed by atoms with Crippen LogP contribution in [0, 0.1) is 0 Å². The molecule has 0 radical (unpaired) electrons. The smallest absolute Gasteiger partial charge is 0.287 e. The fourth-order valence-electron chi connectivity index (χ4n) is 3.60. The lowest BCUT2D eigenvalue weighted by atomic mass is 10.00. The molecule has 174 valence electrons. The number of carbonyl (C=O) groups is 3. The number of carbonyl (C=O) groups excluding carboxylic acids is 3. The Labute approximate surface area is 200 Å². The van der Waals surface area contributed by atoms with Crippen molar-refractivity contribution in [2.75, 3.05) is 14.1 Å². The summed E-state index contributed by atoms with van der Waals surface area (Å²) in [5, 5.41) is 2.70. The standard InChI is InChI=1S/C28H29N3O3/c1-31(2)19-22-14-12-20(13-15-22)16-17-23-10-6-7-11-24(23)28(34)30-25(26(32)27(29)33)18-21-8-4-3-5-9-21/h3-17,25H,18-19H2,1-2H3,(H2,29,33)(H,30,34)/b17-16+. The van der Waals surface area contributed by atoms with Crippen LogP contribution in [0.15, 0.2) is 78.9 Å². The first-order valence-corrected chi connectivity index (χ1v) is 11.0. The van der Waals surface area contributed by atoms with Crippen molar-refractivity contribution < 1.29 is 14.4 Å². The summed E-state index contributed by atoms with van der Waals surface area (Å²) in [4.78, 5) is 39.2. The Morgan fingerprint density at radius 3 is 2.15 bits per heavy atom. The monoisotopic (exact) mass is 455 g/mol. The first kappa shape index (κ1) is 24.6. The van der Waals surface area contributed by atoms with Crippen LogP contribution in [0.5, 0.6) is 0 Å². The third kappa shape index (κ3) is 6.98. The van der Waals surface area contributed by atoms with Crippen molar-refractivity contribution in [3.63, 3.8) is 0 Å². The van der Waals surface area contributed by atoms with Crippen molar-refractivity contribution in [3.05, 3.63) is 107 Å². The number of primary amides is 1. The summed E-state index contributed by atoms with van der Waals surface area (Å²) >= 11 is 0. The van der Waals surface area contributed by atoms with Crippen LogP contribution in [0.1, 0.15) is 32.6 Å². The largest absolute Gasteiger partial charge is 0.363 e. The van der Waals surface area contributed by atoms with Crippen LogP contribution >= 0.6 is 0 Å². The highest BCUT2D eigenvalue weighted by molar-refractivity contribution is 6.38. The van der Waals surface area contributed by atoms with E-state index in [1.165, 1.54) is 5.56 Å². The topological polar surface area (TPSA) is 92.5 Å². The van der Waals surface area contributed by atoms with Crippen molar-refractivity contribution in [1.29, 1.82) is 0 Å². The maximum atomic E-state index is 13.1. The molecule has 0 heterocycles. The average molecular weight is 456 g/mol. The van der Waals surface area contributed by atoms with E-state index in [0.717, 1.165) is 17.7 Å². The first-order chi connectivity index (χ1) is 16.3. The predicted octanol–water partition coefficient (Wildman–Crippen LogP) is 3.31. The number of rotatable bonds is 10. The van der Waals surface area contributed by atoms with Crippen LogP contribution < -0.4 is 11.1 Å². The number of amides is 2. The molecule has 3 rings (SSSR count). The fraction of sp³-hybridized carbons (Fsp3) is 0.179. The highest BCUT2D eigenvalue weighted by atomic mass is 16.2. The summed E-state index contributed by atoms with van der Waals surface area (Å²) in [6.45, 7) is 0.862. The minimum absolute atomic E-state index is 0.172. The summed E-state index contributed by atoms with van der Waals surface area (Å²) in [7, 11) is 4.05. The molecule has 0 saturated carbocycles. The number of hydrogen-bond donors (Lipinski definition) is 2. The number of ketones is 1. The van der Waals surface area contributed by atoms with Crippen LogP contribution in [0.3, 0.4) is 0 Å². The van der Waals surface area contributed by atoms with Crippen LogP contribution in [0.25, 0.3) is 12.2 Å². The molecule has 34 heavy (non-hydrogen) atoms. The summed E-state index contributed by atoms with van der Waals surface area (Å²) in [6, 6.07) is 23.4. The first-order valence-electron chi connectivity index (χ1n) is 11.0. The van der Waals surface area contributed by atoms with E-state index in [4.69, 9.17) is 5.73 Å². The van der Waals surface area contributed by atoms with Gasteiger partial charge in [0.25, 0.3) is 11.8 Å². The molecule has 0 aliphatic carbocycles.